The minimum absolute atomic E-state index is 0.189. The van der Waals surface area contributed by atoms with Crippen LogP contribution in [0.25, 0.3) is 5.57 Å². The van der Waals surface area contributed by atoms with Crippen molar-refractivity contribution in [1.82, 2.24) is 0 Å². The van der Waals surface area contributed by atoms with E-state index in [9.17, 15) is 0 Å². The average Bonchev–Trinajstić information content (AvgIpc) is 2.19. The third kappa shape index (κ3) is 1.80. The topological polar surface area (TPSA) is 26.0 Å². The van der Waals surface area contributed by atoms with Crippen LogP contribution in [0, 0.1) is 6.07 Å². The minimum atomic E-state index is 0.189. The van der Waals surface area contributed by atoms with Gasteiger partial charge in [0.05, 0.1) is 0 Å². The first-order chi connectivity index (χ1) is 6.77. The first-order valence-electron chi connectivity index (χ1n) is 4.40. The molecule has 0 amide bonds. The molecule has 2 heteroatoms. The largest absolute Gasteiger partial charge is 0.398 e. The molecule has 1 atom stereocenters. The highest BCUT2D eigenvalue weighted by Crippen LogP contribution is 2.24. The van der Waals surface area contributed by atoms with Crippen molar-refractivity contribution in [2.24, 2.45) is 5.73 Å². The molecule has 1 nitrogen and oxygen atoms in total. The molecule has 2 N–H and O–H groups in total. The highest BCUT2D eigenvalue weighted by molar-refractivity contribution is 8.17. The van der Waals surface area contributed by atoms with Gasteiger partial charge in [-0.1, -0.05) is 24.3 Å². The molecule has 0 spiro atoms. The molecule has 2 rings (SSSR count). The Morgan fingerprint density at radius 3 is 2.64 bits per heavy atom. The van der Waals surface area contributed by atoms with Gasteiger partial charge in [0.1, 0.15) is 0 Å². The smallest absolute Gasteiger partial charge is 0.0452 e. The second-order valence-electron chi connectivity index (χ2n) is 3.19. The van der Waals surface area contributed by atoms with Crippen LogP contribution in [0.5, 0.6) is 0 Å². The maximum Gasteiger partial charge on any atom is 0.0452 e. The van der Waals surface area contributed by atoms with Gasteiger partial charge < -0.3 is 5.73 Å². The van der Waals surface area contributed by atoms with Gasteiger partial charge in [-0.2, -0.15) is 10.5 Å². The minimum Gasteiger partial charge on any atom is -0.398 e. The molecule has 1 aromatic carbocycles. The van der Waals surface area contributed by atoms with Crippen LogP contribution in [0.2, 0.25) is 0 Å². The summed E-state index contributed by atoms with van der Waals surface area (Å²) in [5, 5.41) is 4.29. The van der Waals surface area contributed by atoms with Crippen LogP contribution < -0.4 is 5.73 Å². The first kappa shape index (κ1) is 9.28. The van der Waals surface area contributed by atoms with Gasteiger partial charge in [0.15, 0.2) is 0 Å². The van der Waals surface area contributed by atoms with E-state index in [1.165, 1.54) is 0 Å². The Morgan fingerprint density at radius 1 is 1.29 bits per heavy atom. The van der Waals surface area contributed by atoms with E-state index in [0.717, 1.165) is 16.8 Å². The van der Waals surface area contributed by atoms with Crippen LogP contribution in [0.15, 0.2) is 41.4 Å². The van der Waals surface area contributed by atoms with E-state index in [2.05, 4.69) is 29.2 Å². The normalized spacial score (nSPS) is 20.8. The Balaban J connectivity index is 2.47. The van der Waals surface area contributed by atoms with Gasteiger partial charge >= 0.3 is 0 Å². The van der Waals surface area contributed by atoms with Crippen molar-refractivity contribution < 1.29 is 0 Å². The number of rotatable bonds is 1. The van der Waals surface area contributed by atoms with Gasteiger partial charge in [-0.15, -0.1) is 0 Å². The number of allylic oxidation sites excluding steroid dienone is 3. The van der Waals surface area contributed by atoms with Crippen molar-refractivity contribution in [3.8, 4) is 0 Å². The highest BCUT2D eigenvalue weighted by atomic mass is 32.2. The fraction of sp³-hybridized carbons (Fsp3) is 0.0833. The van der Waals surface area contributed by atoms with Crippen LogP contribution in [-0.2, 0) is 0 Å². The molecule has 71 valence electrons. The van der Waals surface area contributed by atoms with Crippen LogP contribution in [0.1, 0.15) is 5.56 Å². The summed E-state index contributed by atoms with van der Waals surface area (Å²) in [6.07, 6.45) is 4.26. The number of hydrogen-bond donors (Lipinski definition) is 1. The zero-order valence-corrected chi connectivity index (χ0v) is 8.84. The van der Waals surface area contributed by atoms with Crippen molar-refractivity contribution in [3.05, 3.63) is 53.1 Å². The van der Waals surface area contributed by atoms with Gasteiger partial charge in [-0.25, -0.2) is 0 Å². The Morgan fingerprint density at radius 2 is 2.00 bits per heavy atom. The molecule has 0 bridgehead atoms. The van der Waals surface area contributed by atoms with Gasteiger partial charge in [-0.3, -0.25) is 0 Å². The number of hydrogen-bond acceptors (Lipinski definition) is 1. The monoisotopic (exact) mass is 202 g/mol. The molecule has 1 heterocycles. The van der Waals surface area contributed by atoms with E-state index < -0.39 is 0 Å². The van der Waals surface area contributed by atoms with Gasteiger partial charge in [0.25, 0.3) is 0 Å². The molecule has 0 saturated carbocycles. The van der Waals surface area contributed by atoms with Crippen molar-refractivity contribution in [2.45, 2.75) is 0 Å². The second-order valence-corrected chi connectivity index (χ2v) is 4.91. The van der Waals surface area contributed by atoms with Crippen LogP contribution >= 0.6 is 10.5 Å². The summed E-state index contributed by atoms with van der Waals surface area (Å²) in [7, 11) is 0.189. The van der Waals surface area contributed by atoms with E-state index in [1.54, 1.807) is 0 Å². The summed E-state index contributed by atoms with van der Waals surface area (Å²) in [4.78, 5) is 0. The molecule has 1 unspecified atom stereocenters. The van der Waals surface area contributed by atoms with Crippen LogP contribution in [-0.4, -0.2) is 11.6 Å². The Labute approximate surface area is 86.9 Å². The third-order valence-electron chi connectivity index (χ3n) is 2.10. The summed E-state index contributed by atoms with van der Waals surface area (Å²) >= 11 is 0. The zero-order valence-electron chi connectivity index (χ0n) is 8.03. The van der Waals surface area contributed by atoms with E-state index >= 15 is 0 Å². The molecule has 1 aliphatic rings. The lowest BCUT2D eigenvalue weighted by Crippen LogP contribution is -2.04. The molecular weight excluding hydrogens is 190 g/mol. The quantitative estimate of drug-likeness (QED) is 0.695. The van der Waals surface area contributed by atoms with Gasteiger partial charge in [0, 0.05) is 11.3 Å². The van der Waals surface area contributed by atoms with Gasteiger partial charge in [-0.05, 0) is 34.7 Å². The van der Waals surface area contributed by atoms with Crippen molar-refractivity contribution in [1.29, 1.82) is 0 Å². The van der Waals surface area contributed by atoms with Crippen LogP contribution in [0.3, 0.4) is 0 Å². The molecule has 1 aliphatic heterocycles. The highest BCUT2D eigenvalue weighted by Gasteiger charge is 2.04. The Hall–Kier alpha value is -1.28. The lowest BCUT2D eigenvalue weighted by atomic mass is 10.0. The Kier molecular flexibility index (Phi) is 2.55. The van der Waals surface area contributed by atoms with Crippen LogP contribution in [0.4, 0.5) is 0 Å². The molecular formula is C12H12NS. The summed E-state index contributed by atoms with van der Waals surface area (Å²) in [6.45, 7) is 0. The molecule has 14 heavy (non-hydrogen) atoms. The zero-order chi connectivity index (χ0) is 9.97. The standard InChI is InChI=1S/C12H12NS/c1-14-8-7-11(12(13)9-14)10-5-3-2-4-6-10/h3-9H,13H2,1H3. The summed E-state index contributed by atoms with van der Waals surface area (Å²) in [6, 6.07) is 10.9. The molecule has 1 radical (unpaired) electrons. The predicted octanol–water partition coefficient (Wildman–Crippen LogP) is 2.38. The fourth-order valence-electron chi connectivity index (χ4n) is 1.40. The maximum atomic E-state index is 5.97. The first-order valence-corrected chi connectivity index (χ1v) is 6.16. The number of nitrogens with two attached hydrogens (primary N) is 1. The third-order valence-corrected chi connectivity index (χ3v) is 3.29. The maximum absolute atomic E-state index is 5.97. The van der Waals surface area contributed by atoms with Gasteiger partial charge in [0.2, 0.25) is 0 Å². The van der Waals surface area contributed by atoms with E-state index in [1.807, 2.05) is 24.3 Å². The predicted molar refractivity (Wildman–Crippen MR) is 65.1 cm³/mol. The van der Waals surface area contributed by atoms with Crippen molar-refractivity contribution in [3.63, 3.8) is 0 Å². The van der Waals surface area contributed by atoms with E-state index in [-0.39, 0.29) is 10.5 Å². The van der Waals surface area contributed by atoms with Crippen molar-refractivity contribution >= 4 is 21.4 Å². The van der Waals surface area contributed by atoms with Crippen molar-refractivity contribution in [2.75, 3.05) is 6.26 Å². The molecule has 0 saturated heterocycles. The summed E-state index contributed by atoms with van der Waals surface area (Å²) in [5.74, 6) is 0. The fourth-order valence-corrected chi connectivity index (χ4v) is 2.36. The molecule has 1 aromatic rings. The van der Waals surface area contributed by atoms with E-state index in [4.69, 9.17) is 5.73 Å². The lowest BCUT2D eigenvalue weighted by molar-refractivity contribution is 1.49. The summed E-state index contributed by atoms with van der Waals surface area (Å²) in [5.41, 5.74) is 9.12. The second kappa shape index (κ2) is 3.84. The SMILES string of the molecule is CS1=CC(N)=C(c2cc[c]cc2)C=C1. The molecule has 0 aromatic heterocycles. The lowest BCUT2D eigenvalue weighted by Gasteiger charge is -2.10. The Bertz CT molecular complexity index is 427. The summed E-state index contributed by atoms with van der Waals surface area (Å²) < 4.78 is 0. The molecule has 0 fully saturated rings. The van der Waals surface area contributed by atoms with E-state index in [0.29, 0.717) is 0 Å². The molecule has 0 aliphatic carbocycles. The number of benzene rings is 1. The average molecular weight is 202 g/mol.